The molecule has 0 aromatic heterocycles. The highest BCUT2D eigenvalue weighted by atomic mass is 35.5. The van der Waals surface area contributed by atoms with E-state index in [-0.39, 0.29) is 17.6 Å². The Bertz CT molecular complexity index is 1290. The number of nitrogens with one attached hydrogen (secondary N) is 1. The highest BCUT2D eigenvalue weighted by Gasteiger charge is 2.26. The predicted octanol–water partition coefficient (Wildman–Crippen LogP) is 4.22. The van der Waals surface area contributed by atoms with Gasteiger partial charge < -0.3 is 14.6 Å². The Hall–Kier alpha value is -3.42. The lowest BCUT2D eigenvalue weighted by molar-refractivity contribution is 0.0961. The van der Waals surface area contributed by atoms with Crippen molar-refractivity contribution in [3.05, 3.63) is 87.9 Å². The SMILES string of the molecule is O=C(Nc1ccccc1Cl)c1cn(CC2CCCO2)cc2c(=O)n(-c3ccccc3)nc1-2. The Balaban J connectivity index is 1.61. The molecule has 0 spiro atoms. The van der Waals surface area contributed by atoms with E-state index in [4.69, 9.17) is 16.3 Å². The first-order valence-electron chi connectivity index (χ1n) is 10.5. The Morgan fingerprint density at radius 2 is 1.91 bits per heavy atom. The monoisotopic (exact) mass is 448 g/mol. The van der Waals surface area contributed by atoms with Crippen LogP contribution in [0.1, 0.15) is 23.2 Å². The number of rotatable bonds is 5. The van der Waals surface area contributed by atoms with Gasteiger partial charge in [0, 0.05) is 25.5 Å². The molecule has 1 atom stereocenters. The van der Waals surface area contributed by atoms with Gasteiger partial charge in [-0.15, -0.1) is 0 Å². The Labute approximate surface area is 189 Å². The number of ether oxygens (including phenoxy) is 1. The lowest BCUT2D eigenvalue weighted by Gasteiger charge is -2.16. The van der Waals surface area contributed by atoms with Crippen molar-refractivity contribution >= 4 is 23.2 Å². The molecular formula is C24H21ClN4O3. The third kappa shape index (κ3) is 3.92. The summed E-state index contributed by atoms with van der Waals surface area (Å²) in [5.74, 6) is -0.387. The smallest absolute Gasteiger partial charge is 0.282 e. The zero-order valence-electron chi connectivity index (χ0n) is 17.2. The number of para-hydroxylation sites is 2. The normalized spacial score (nSPS) is 15.8. The molecule has 2 aromatic carbocycles. The van der Waals surface area contributed by atoms with Crippen molar-refractivity contribution in [3.8, 4) is 16.9 Å². The van der Waals surface area contributed by atoms with Crippen LogP contribution in [-0.4, -0.2) is 33.0 Å². The molecule has 0 aliphatic carbocycles. The number of fused-ring (bicyclic) bond motifs is 1. The van der Waals surface area contributed by atoms with Crippen molar-refractivity contribution < 1.29 is 9.53 Å². The maximum atomic E-state index is 13.3. The van der Waals surface area contributed by atoms with Gasteiger partial charge in [-0.25, -0.2) is 0 Å². The molecule has 3 aliphatic heterocycles. The van der Waals surface area contributed by atoms with E-state index >= 15 is 0 Å². The first kappa shape index (κ1) is 20.5. The van der Waals surface area contributed by atoms with Crippen molar-refractivity contribution in [1.82, 2.24) is 14.3 Å². The third-order valence-electron chi connectivity index (χ3n) is 5.53. The molecular weight excluding hydrogens is 428 g/mol. The lowest BCUT2D eigenvalue weighted by Crippen LogP contribution is -2.21. The van der Waals surface area contributed by atoms with Gasteiger partial charge in [-0.3, -0.25) is 9.59 Å². The molecule has 3 aliphatic rings. The number of anilines is 1. The number of hydrogen-bond acceptors (Lipinski definition) is 4. The Morgan fingerprint density at radius 1 is 1.12 bits per heavy atom. The molecule has 5 rings (SSSR count). The summed E-state index contributed by atoms with van der Waals surface area (Å²) >= 11 is 6.22. The molecule has 1 N–H and O–H groups in total. The van der Waals surface area contributed by atoms with Crippen LogP contribution in [0.5, 0.6) is 0 Å². The van der Waals surface area contributed by atoms with Crippen LogP contribution in [-0.2, 0) is 11.3 Å². The largest absolute Gasteiger partial charge is 0.376 e. The van der Waals surface area contributed by atoms with Crippen LogP contribution >= 0.6 is 11.6 Å². The number of hydrogen-bond donors (Lipinski definition) is 1. The van der Waals surface area contributed by atoms with Crippen LogP contribution in [0, 0.1) is 0 Å². The second-order valence-electron chi connectivity index (χ2n) is 7.75. The summed E-state index contributed by atoms with van der Waals surface area (Å²) in [5.41, 5.74) is 1.86. The fourth-order valence-corrected chi connectivity index (χ4v) is 4.13. The highest BCUT2D eigenvalue weighted by molar-refractivity contribution is 6.34. The second kappa shape index (κ2) is 8.61. The Kier molecular flexibility index (Phi) is 5.51. The van der Waals surface area contributed by atoms with Crippen LogP contribution in [0.4, 0.5) is 5.69 Å². The first-order chi connectivity index (χ1) is 15.6. The van der Waals surface area contributed by atoms with E-state index in [9.17, 15) is 9.59 Å². The number of amides is 1. The average molecular weight is 449 g/mol. The molecule has 8 heteroatoms. The van der Waals surface area contributed by atoms with Gasteiger partial charge in [0.25, 0.3) is 11.5 Å². The predicted molar refractivity (Wildman–Crippen MR) is 123 cm³/mol. The topological polar surface area (TPSA) is 78.2 Å². The summed E-state index contributed by atoms with van der Waals surface area (Å²) < 4.78 is 8.92. The van der Waals surface area contributed by atoms with E-state index in [0.29, 0.717) is 39.8 Å². The molecule has 0 bridgehead atoms. The van der Waals surface area contributed by atoms with Gasteiger partial charge in [0.05, 0.1) is 33.6 Å². The number of carbonyl (C=O) groups is 1. The maximum Gasteiger partial charge on any atom is 0.282 e. The van der Waals surface area contributed by atoms with Crippen LogP contribution in [0.3, 0.4) is 0 Å². The summed E-state index contributed by atoms with van der Waals surface area (Å²) in [7, 11) is 0. The molecule has 1 unspecified atom stereocenters. The van der Waals surface area contributed by atoms with Crippen molar-refractivity contribution in [2.75, 3.05) is 11.9 Å². The molecule has 0 saturated carbocycles. The number of aromatic nitrogens is 3. The van der Waals surface area contributed by atoms with Crippen molar-refractivity contribution in [2.45, 2.75) is 25.5 Å². The minimum Gasteiger partial charge on any atom is -0.376 e. The summed E-state index contributed by atoms with van der Waals surface area (Å²) in [6, 6.07) is 16.2. The zero-order valence-corrected chi connectivity index (χ0v) is 18.0. The number of carbonyl (C=O) groups excluding carboxylic acids is 1. The summed E-state index contributed by atoms with van der Waals surface area (Å²) in [5, 5.41) is 7.78. The molecule has 1 saturated heterocycles. The van der Waals surface area contributed by atoms with Crippen molar-refractivity contribution in [3.63, 3.8) is 0 Å². The number of pyridine rings is 1. The molecule has 3 heterocycles. The van der Waals surface area contributed by atoms with Gasteiger partial charge in [0.2, 0.25) is 0 Å². The van der Waals surface area contributed by atoms with E-state index in [1.165, 1.54) is 4.68 Å². The van der Waals surface area contributed by atoms with Gasteiger partial charge in [-0.1, -0.05) is 41.9 Å². The molecule has 1 fully saturated rings. The fourth-order valence-electron chi connectivity index (χ4n) is 3.95. The second-order valence-corrected chi connectivity index (χ2v) is 8.16. The number of halogens is 1. The van der Waals surface area contributed by atoms with E-state index in [0.717, 1.165) is 19.4 Å². The zero-order chi connectivity index (χ0) is 22.1. The van der Waals surface area contributed by atoms with Gasteiger partial charge in [-0.05, 0) is 37.1 Å². The molecule has 162 valence electrons. The van der Waals surface area contributed by atoms with Gasteiger partial charge in [0.1, 0.15) is 5.69 Å². The highest BCUT2D eigenvalue weighted by Crippen LogP contribution is 2.26. The molecule has 1 amide bonds. The van der Waals surface area contributed by atoms with E-state index in [2.05, 4.69) is 10.4 Å². The van der Waals surface area contributed by atoms with Crippen LogP contribution in [0.15, 0.2) is 71.8 Å². The maximum absolute atomic E-state index is 13.3. The fraction of sp³-hybridized carbons (Fsp3) is 0.208. The standard InChI is InChI=1S/C24H21ClN4O3/c25-20-10-4-5-11-21(20)26-23(30)18-14-28(13-17-9-6-12-32-17)15-19-22(18)27-29(24(19)31)16-7-2-1-3-8-16/h1-5,7-8,10-11,14-15,17H,6,9,12-13H2,(H,26,30). The third-order valence-corrected chi connectivity index (χ3v) is 5.86. The van der Waals surface area contributed by atoms with Crippen LogP contribution in [0.25, 0.3) is 16.9 Å². The van der Waals surface area contributed by atoms with Gasteiger partial charge in [0.15, 0.2) is 0 Å². The van der Waals surface area contributed by atoms with E-state index in [1.807, 2.05) is 22.8 Å². The van der Waals surface area contributed by atoms with E-state index < -0.39 is 0 Å². The first-order valence-corrected chi connectivity index (χ1v) is 10.8. The molecule has 2 aromatic rings. The number of benzene rings is 2. The molecule has 0 radical (unpaired) electrons. The quantitative estimate of drug-likeness (QED) is 0.495. The minimum atomic E-state index is -0.387. The van der Waals surface area contributed by atoms with Crippen molar-refractivity contribution in [1.29, 1.82) is 0 Å². The van der Waals surface area contributed by atoms with Gasteiger partial charge in [-0.2, -0.15) is 9.78 Å². The van der Waals surface area contributed by atoms with Crippen molar-refractivity contribution in [2.24, 2.45) is 0 Å². The lowest BCUT2D eigenvalue weighted by atomic mass is 10.1. The van der Waals surface area contributed by atoms with Crippen LogP contribution < -0.4 is 10.9 Å². The Morgan fingerprint density at radius 3 is 2.66 bits per heavy atom. The minimum absolute atomic E-state index is 0.0520. The number of nitrogens with zero attached hydrogens (tertiary/aromatic N) is 3. The summed E-state index contributed by atoms with van der Waals surface area (Å²) in [4.78, 5) is 26.5. The van der Waals surface area contributed by atoms with E-state index in [1.54, 1.807) is 48.8 Å². The molecule has 7 nitrogen and oxygen atoms in total. The van der Waals surface area contributed by atoms with Gasteiger partial charge >= 0.3 is 0 Å². The van der Waals surface area contributed by atoms with Crippen LogP contribution in [0.2, 0.25) is 5.02 Å². The summed E-state index contributed by atoms with van der Waals surface area (Å²) in [6.45, 7) is 1.28. The summed E-state index contributed by atoms with van der Waals surface area (Å²) in [6.07, 6.45) is 5.47. The molecule has 32 heavy (non-hydrogen) atoms. The average Bonchev–Trinajstić information content (AvgIpc) is 3.43.